The van der Waals surface area contributed by atoms with Crippen LogP contribution >= 0.6 is 23.4 Å². The zero-order valence-electron chi connectivity index (χ0n) is 13.2. The van der Waals surface area contributed by atoms with Crippen LogP contribution in [0, 0.1) is 10.1 Å². The van der Waals surface area contributed by atoms with Crippen LogP contribution in [-0.4, -0.2) is 36.8 Å². The number of nitro benzene ring substituents is 1. The number of tetrazole rings is 1. The number of rotatable bonds is 5. The lowest BCUT2D eigenvalue weighted by molar-refractivity contribution is -0.383. The smallest absolute Gasteiger partial charge is 0.294 e. The fraction of sp³-hybridized carbons (Fsp3) is 0.385. The summed E-state index contributed by atoms with van der Waals surface area (Å²) >= 11 is 6.88. The van der Waals surface area contributed by atoms with Crippen LogP contribution in [0.4, 0.5) is 11.4 Å². The van der Waals surface area contributed by atoms with Gasteiger partial charge in [0.05, 0.1) is 16.2 Å². The Morgan fingerprint density at radius 3 is 2.79 bits per heavy atom. The number of nitrogens with one attached hydrogen (secondary N) is 1. The molecule has 0 saturated carbocycles. The molecule has 0 aliphatic carbocycles. The highest BCUT2D eigenvalue weighted by molar-refractivity contribution is 7.99. The number of anilines is 1. The summed E-state index contributed by atoms with van der Waals surface area (Å²) in [6.07, 6.45) is 0. The molecule has 0 atom stereocenters. The quantitative estimate of drug-likeness (QED) is 0.488. The first kappa shape index (κ1) is 18.1. The summed E-state index contributed by atoms with van der Waals surface area (Å²) in [5.74, 6) is -0.398. The third-order valence-corrected chi connectivity index (χ3v) is 3.99. The molecule has 1 aromatic heterocycles. The number of hydrogen-bond acceptors (Lipinski definition) is 7. The first-order valence-electron chi connectivity index (χ1n) is 6.84. The molecule has 0 saturated heterocycles. The standard InChI is InChI=1S/C13H15ClN6O3S/c1-13(2,3)19-12(16-17-18-19)24-7-11(21)15-9-5-4-8(14)6-10(9)20(22)23/h4-6H,7H2,1-3H3,(H,15,21). The molecule has 0 spiro atoms. The molecular formula is C13H15ClN6O3S. The van der Waals surface area contributed by atoms with Gasteiger partial charge >= 0.3 is 0 Å². The van der Waals surface area contributed by atoms with Crippen molar-refractivity contribution in [3.63, 3.8) is 0 Å². The number of benzene rings is 1. The Bertz CT molecular complexity index is 773. The van der Waals surface area contributed by atoms with Crippen molar-refractivity contribution < 1.29 is 9.72 Å². The van der Waals surface area contributed by atoms with E-state index in [9.17, 15) is 14.9 Å². The molecule has 0 unspecified atom stereocenters. The zero-order chi connectivity index (χ0) is 17.9. The van der Waals surface area contributed by atoms with Crippen molar-refractivity contribution >= 4 is 40.6 Å². The molecule has 128 valence electrons. The summed E-state index contributed by atoms with van der Waals surface area (Å²) in [6, 6.07) is 4.05. The fourth-order valence-electron chi connectivity index (χ4n) is 1.77. The maximum atomic E-state index is 12.1. The van der Waals surface area contributed by atoms with Gasteiger partial charge in [-0.05, 0) is 43.3 Å². The van der Waals surface area contributed by atoms with Crippen LogP contribution in [0.3, 0.4) is 0 Å². The van der Waals surface area contributed by atoms with E-state index in [1.165, 1.54) is 18.2 Å². The second kappa shape index (κ2) is 7.14. The summed E-state index contributed by atoms with van der Waals surface area (Å²) in [6.45, 7) is 5.81. The maximum absolute atomic E-state index is 12.1. The minimum absolute atomic E-state index is 0.0102. The highest BCUT2D eigenvalue weighted by Gasteiger charge is 2.21. The number of nitro groups is 1. The molecule has 24 heavy (non-hydrogen) atoms. The van der Waals surface area contributed by atoms with Crippen LogP contribution in [0.15, 0.2) is 23.4 Å². The first-order chi connectivity index (χ1) is 11.2. The summed E-state index contributed by atoms with van der Waals surface area (Å²) in [7, 11) is 0. The van der Waals surface area contributed by atoms with Crippen LogP contribution in [0.25, 0.3) is 0 Å². The number of carbonyl (C=O) groups is 1. The van der Waals surface area contributed by atoms with Crippen LogP contribution in [0.2, 0.25) is 5.02 Å². The minimum atomic E-state index is -0.602. The molecule has 0 aliphatic heterocycles. The first-order valence-corrected chi connectivity index (χ1v) is 8.20. The van der Waals surface area contributed by atoms with Crippen molar-refractivity contribution in [1.82, 2.24) is 20.2 Å². The Morgan fingerprint density at radius 1 is 1.46 bits per heavy atom. The average molecular weight is 371 g/mol. The molecule has 2 rings (SSSR count). The van der Waals surface area contributed by atoms with Gasteiger partial charge in [-0.2, -0.15) is 0 Å². The summed E-state index contributed by atoms with van der Waals surface area (Å²) in [5.41, 5.74) is -0.497. The molecular weight excluding hydrogens is 356 g/mol. The van der Waals surface area contributed by atoms with Gasteiger partial charge in [0, 0.05) is 11.1 Å². The Morgan fingerprint density at radius 2 is 2.17 bits per heavy atom. The van der Waals surface area contributed by atoms with Crippen molar-refractivity contribution in [2.75, 3.05) is 11.1 Å². The minimum Gasteiger partial charge on any atom is -0.320 e. The normalized spacial score (nSPS) is 11.3. The Kier molecular flexibility index (Phi) is 5.40. The van der Waals surface area contributed by atoms with Crippen molar-refractivity contribution in [1.29, 1.82) is 0 Å². The molecule has 1 amide bonds. The van der Waals surface area contributed by atoms with E-state index in [0.717, 1.165) is 11.8 Å². The van der Waals surface area contributed by atoms with E-state index in [2.05, 4.69) is 20.8 Å². The Labute approximate surface area is 146 Å². The number of halogens is 1. The number of thioether (sulfide) groups is 1. The van der Waals surface area contributed by atoms with Gasteiger partial charge in [-0.15, -0.1) is 5.10 Å². The molecule has 1 heterocycles. The zero-order valence-corrected chi connectivity index (χ0v) is 14.8. The van der Waals surface area contributed by atoms with E-state index in [0.29, 0.717) is 5.16 Å². The van der Waals surface area contributed by atoms with Crippen molar-refractivity contribution in [3.05, 3.63) is 33.3 Å². The van der Waals surface area contributed by atoms with Gasteiger partial charge in [0.1, 0.15) is 5.69 Å². The van der Waals surface area contributed by atoms with E-state index < -0.39 is 10.8 Å². The van der Waals surface area contributed by atoms with Crippen molar-refractivity contribution in [2.24, 2.45) is 0 Å². The lowest BCUT2D eigenvalue weighted by atomic mass is 10.1. The van der Waals surface area contributed by atoms with E-state index in [-0.39, 0.29) is 27.7 Å². The van der Waals surface area contributed by atoms with Gasteiger partial charge in [0.15, 0.2) is 0 Å². The van der Waals surface area contributed by atoms with Crippen LogP contribution in [-0.2, 0) is 10.3 Å². The maximum Gasteiger partial charge on any atom is 0.294 e. The second-order valence-electron chi connectivity index (χ2n) is 5.80. The van der Waals surface area contributed by atoms with E-state index >= 15 is 0 Å². The largest absolute Gasteiger partial charge is 0.320 e. The second-order valence-corrected chi connectivity index (χ2v) is 7.18. The summed E-state index contributed by atoms with van der Waals surface area (Å²) in [4.78, 5) is 22.5. The molecule has 0 aliphatic rings. The topological polar surface area (TPSA) is 116 Å². The molecule has 9 nitrogen and oxygen atoms in total. The lowest BCUT2D eigenvalue weighted by Crippen LogP contribution is -2.24. The van der Waals surface area contributed by atoms with Crippen LogP contribution in [0.5, 0.6) is 0 Å². The SMILES string of the molecule is CC(C)(C)n1nnnc1SCC(=O)Nc1ccc(Cl)cc1[N+](=O)[O-]. The van der Waals surface area contributed by atoms with Crippen molar-refractivity contribution in [3.8, 4) is 0 Å². The average Bonchev–Trinajstić information content (AvgIpc) is 2.95. The Hall–Kier alpha value is -2.20. The van der Waals surface area contributed by atoms with Gasteiger partial charge in [-0.1, -0.05) is 23.4 Å². The van der Waals surface area contributed by atoms with Gasteiger partial charge in [0.2, 0.25) is 11.1 Å². The predicted molar refractivity (Wildman–Crippen MR) is 90.3 cm³/mol. The monoisotopic (exact) mass is 370 g/mol. The molecule has 0 radical (unpaired) electrons. The van der Waals surface area contributed by atoms with Gasteiger partial charge in [0.25, 0.3) is 5.69 Å². The highest BCUT2D eigenvalue weighted by atomic mass is 35.5. The number of amides is 1. The number of aromatic nitrogens is 4. The van der Waals surface area contributed by atoms with Gasteiger partial charge in [-0.25, -0.2) is 4.68 Å². The molecule has 11 heteroatoms. The fourth-order valence-corrected chi connectivity index (χ4v) is 2.79. The number of hydrogen-bond donors (Lipinski definition) is 1. The van der Waals surface area contributed by atoms with E-state index in [1.54, 1.807) is 4.68 Å². The molecule has 2 aromatic rings. The van der Waals surface area contributed by atoms with E-state index in [1.807, 2.05) is 20.8 Å². The predicted octanol–water partition coefficient (Wildman–Crippen LogP) is 2.72. The van der Waals surface area contributed by atoms with Crippen LogP contribution < -0.4 is 5.32 Å². The van der Waals surface area contributed by atoms with Gasteiger partial charge in [-0.3, -0.25) is 14.9 Å². The molecule has 0 bridgehead atoms. The van der Waals surface area contributed by atoms with E-state index in [4.69, 9.17) is 11.6 Å². The number of nitrogens with zero attached hydrogens (tertiary/aromatic N) is 5. The van der Waals surface area contributed by atoms with Crippen molar-refractivity contribution in [2.45, 2.75) is 31.5 Å². The third kappa shape index (κ3) is 4.42. The summed E-state index contributed by atoms with van der Waals surface area (Å²) in [5, 5.41) is 25.6. The Balaban J connectivity index is 2.05. The highest BCUT2D eigenvalue weighted by Crippen LogP contribution is 2.28. The molecule has 0 fully saturated rings. The lowest BCUT2D eigenvalue weighted by Gasteiger charge is -2.19. The molecule has 1 aromatic carbocycles. The van der Waals surface area contributed by atoms with Crippen LogP contribution in [0.1, 0.15) is 20.8 Å². The summed E-state index contributed by atoms with van der Waals surface area (Å²) < 4.78 is 1.61. The molecule has 1 N–H and O–H groups in total. The third-order valence-electron chi connectivity index (χ3n) is 2.84. The van der Waals surface area contributed by atoms with Gasteiger partial charge < -0.3 is 5.32 Å². The number of carbonyl (C=O) groups excluding carboxylic acids is 1.